The van der Waals surface area contributed by atoms with E-state index in [1.807, 2.05) is 12.1 Å². The van der Waals surface area contributed by atoms with Crippen molar-refractivity contribution in [2.24, 2.45) is 5.41 Å². The molecule has 6 heteroatoms. The van der Waals surface area contributed by atoms with E-state index < -0.39 is 0 Å². The van der Waals surface area contributed by atoms with Gasteiger partial charge < -0.3 is 10.2 Å². The van der Waals surface area contributed by atoms with Gasteiger partial charge in [-0.1, -0.05) is 0 Å². The first-order chi connectivity index (χ1) is 10.7. The van der Waals surface area contributed by atoms with Crippen LogP contribution in [0.2, 0.25) is 0 Å². The number of nitro benzene ring substituents is 1. The van der Waals surface area contributed by atoms with Crippen molar-refractivity contribution in [2.75, 3.05) is 31.1 Å². The fourth-order valence-corrected chi connectivity index (χ4v) is 3.86. The Morgan fingerprint density at radius 3 is 3.00 bits per heavy atom. The maximum atomic E-state index is 11.6. The van der Waals surface area contributed by atoms with Gasteiger partial charge in [0.05, 0.1) is 15.8 Å². The molecule has 0 aliphatic carbocycles. The smallest absolute Gasteiger partial charge is 0.301 e. The van der Waals surface area contributed by atoms with Crippen LogP contribution in [-0.4, -0.2) is 36.1 Å². The summed E-state index contributed by atoms with van der Waals surface area (Å²) in [6.45, 7) is 3.85. The molecule has 1 unspecified atom stereocenters. The number of aromatic nitrogens is 1. The molecular weight excluding hydrogens is 280 g/mol. The van der Waals surface area contributed by atoms with Crippen LogP contribution < -0.4 is 10.2 Å². The van der Waals surface area contributed by atoms with Gasteiger partial charge in [-0.25, -0.2) is 0 Å². The summed E-state index contributed by atoms with van der Waals surface area (Å²) in [5.41, 5.74) is 1.88. The minimum atomic E-state index is -0.267. The molecule has 2 aliphatic rings. The largest absolute Gasteiger partial charge is 0.365 e. The Labute approximate surface area is 128 Å². The topological polar surface area (TPSA) is 71.3 Å². The predicted molar refractivity (Wildman–Crippen MR) is 85.1 cm³/mol. The van der Waals surface area contributed by atoms with Gasteiger partial charge in [-0.15, -0.1) is 0 Å². The van der Waals surface area contributed by atoms with Crippen LogP contribution in [0.25, 0.3) is 10.9 Å². The van der Waals surface area contributed by atoms with Gasteiger partial charge in [0, 0.05) is 31.2 Å². The van der Waals surface area contributed by atoms with E-state index in [-0.39, 0.29) is 16.0 Å². The summed E-state index contributed by atoms with van der Waals surface area (Å²) in [7, 11) is 0. The molecule has 6 nitrogen and oxygen atoms in total. The van der Waals surface area contributed by atoms with E-state index in [1.54, 1.807) is 18.3 Å². The zero-order valence-electron chi connectivity index (χ0n) is 12.3. The maximum Gasteiger partial charge on any atom is 0.301 e. The van der Waals surface area contributed by atoms with Crippen molar-refractivity contribution in [1.29, 1.82) is 0 Å². The van der Waals surface area contributed by atoms with Crippen molar-refractivity contribution in [3.8, 4) is 0 Å². The molecule has 0 saturated carbocycles. The molecule has 2 aliphatic heterocycles. The molecule has 0 radical (unpaired) electrons. The Morgan fingerprint density at radius 2 is 2.23 bits per heavy atom. The van der Waals surface area contributed by atoms with Gasteiger partial charge in [0.15, 0.2) is 0 Å². The molecule has 2 saturated heterocycles. The van der Waals surface area contributed by atoms with E-state index in [4.69, 9.17) is 0 Å². The Bertz CT molecular complexity index is 740. The lowest BCUT2D eigenvalue weighted by Gasteiger charge is -2.24. The summed E-state index contributed by atoms with van der Waals surface area (Å²) in [6.07, 6.45) is 3.93. The van der Waals surface area contributed by atoms with Gasteiger partial charge in [-0.3, -0.25) is 15.1 Å². The molecule has 0 bridgehead atoms. The van der Waals surface area contributed by atoms with Crippen LogP contribution >= 0.6 is 0 Å². The minimum absolute atomic E-state index is 0.189. The molecule has 22 heavy (non-hydrogen) atoms. The molecule has 4 rings (SSSR count). The molecule has 1 aromatic heterocycles. The summed E-state index contributed by atoms with van der Waals surface area (Å²) in [4.78, 5) is 17.8. The lowest BCUT2D eigenvalue weighted by molar-refractivity contribution is -0.382. The minimum Gasteiger partial charge on any atom is -0.365 e. The Hall–Kier alpha value is -2.21. The van der Waals surface area contributed by atoms with Gasteiger partial charge in [-0.2, -0.15) is 0 Å². The van der Waals surface area contributed by atoms with Crippen molar-refractivity contribution in [2.45, 2.75) is 12.8 Å². The number of pyridine rings is 1. The Kier molecular flexibility index (Phi) is 3.00. The molecular formula is C16H18N4O2. The lowest BCUT2D eigenvalue weighted by Crippen LogP contribution is -2.29. The van der Waals surface area contributed by atoms with Crippen molar-refractivity contribution in [1.82, 2.24) is 10.3 Å². The molecule has 3 heterocycles. The first-order valence-electron chi connectivity index (χ1n) is 7.66. The third-order valence-corrected chi connectivity index (χ3v) is 5.03. The summed E-state index contributed by atoms with van der Waals surface area (Å²) < 4.78 is 0. The first kappa shape index (κ1) is 13.5. The van der Waals surface area contributed by atoms with Crippen LogP contribution in [0.15, 0.2) is 30.5 Å². The maximum absolute atomic E-state index is 11.6. The van der Waals surface area contributed by atoms with Crippen molar-refractivity contribution >= 4 is 22.3 Å². The van der Waals surface area contributed by atoms with E-state index in [1.165, 1.54) is 0 Å². The molecule has 1 atom stereocenters. The zero-order chi connectivity index (χ0) is 15.2. The summed E-state index contributed by atoms with van der Waals surface area (Å²) in [6, 6.07) is 7.28. The van der Waals surface area contributed by atoms with E-state index in [2.05, 4.69) is 15.2 Å². The highest BCUT2D eigenvalue weighted by molar-refractivity contribution is 5.94. The monoisotopic (exact) mass is 298 g/mol. The highest BCUT2D eigenvalue weighted by Crippen LogP contribution is 2.42. The number of nitro groups is 1. The van der Waals surface area contributed by atoms with Crippen LogP contribution in [0.5, 0.6) is 0 Å². The van der Waals surface area contributed by atoms with Crippen LogP contribution in [0.4, 0.5) is 11.4 Å². The second kappa shape index (κ2) is 4.91. The van der Waals surface area contributed by atoms with Crippen molar-refractivity contribution in [3.05, 3.63) is 40.6 Å². The number of hydrogen-bond acceptors (Lipinski definition) is 5. The van der Waals surface area contributed by atoms with Crippen molar-refractivity contribution in [3.63, 3.8) is 0 Å². The fourth-order valence-electron chi connectivity index (χ4n) is 3.86. The Balaban J connectivity index is 1.78. The molecule has 2 aromatic rings. The fraction of sp³-hybridized carbons (Fsp3) is 0.438. The standard InChI is InChI=1S/C16H18N4O2/c21-20(22)15-12-2-1-7-18-13(12)3-4-14(15)19-9-6-16(11-19)5-8-17-10-16/h1-4,7,17H,5-6,8-11H2. The normalized spacial score (nSPS) is 24.5. The van der Waals surface area contributed by atoms with Gasteiger partial charge >= 0.3 is 5.69 Å². The molecule has 1 N–H and O–H groups in total. The first-order valence-corrected chi connectivity index (χ1v) is 7.66. The third-order valence-electron chi connectivity index (χ3n) is 5.03. The zero-order valence-corrected chi connectivity index (χ0v) is 12.3. The van der Waals surface area contributed by atoms with E-state index in [0.29, 0.717) is 10.9 Å². The van der Waals surface area contributed by atoms with Crippen LogP contribution in [0, 0.1) is 15.5 Å². The van der Waals surface area contributed by atoms with Crippen molar-refractivity contribution < 1.29 is 4.92 Å². The van der Waals surface area contributed by atoms with Crippen LogP contribution in [0.1, 0.15) is 12.8 Å². The number of nitrogens with zero attached hydrogens (tertiary/aromatic N) is 3. The molecule has 2 fully saturated rings. The number of anilines is 1. The Morgan fingerprint density at radius 1 is 1.32 bits per heavy atom. The molecule has 114 valence electrons. The number of nitrogens with one attached hydrogen (secondary N) is 1. The van der Waals surface area contributed by atoms with E-state index in [0.717, 1.165) is 44.7 Å². The summed E-state index contributed by atoms with van der Waals surface area (Å²) in [5.74, 6) is 0. The highest BCUT2D eigenvalue weighted by atomic mass is 16.6. The number of benzene rings is 1. The number of hydrogen-bond donors (Lipinski definition) is 1. The number of fused-ring (bicyclic) bond motifs is 1. The third kappa shape index (κ3) is 2.02. The van der Waals surface area contributed by atoms with Crippen LogP contribution in [0.3, 0.4) is 0 Å². The average molecular weight is 298 g/mol. The van der Waals surface area contributed by atoms with E-state index in [9.17, 15) is 10.1 Å². The molecule has 1 spiro atoms. The molecule has 0 amide bonds. The van der Waals surface area contributed by atoms with Gasteiger partial charge in [0.2, 0.25) is 0 Å². The molecule has 1 aromatic carbocycles. The quantitative estimate of drug-likeness (QED) is 0.680. The van der Waals surface area contributed by atoms with Crippen LogP contribution in [-0.2, 0) is 0 Å². The summed E-state index contributed by atoms with van der Waals surface area (Å²) in [5, 5.41) is 15.7. The van der Waals surface area contributed by atoms with Gasteiger partial charge in [0.1, 0.15) is 5.69 Å². The van der Waals surface area contributed by atoms with E-state index >= 15 is 0 Å². The predicted octanol–water partition coefficient (Wildman–Crippen LogP) is 2.33. The second-order valence-corrected chi connectivity index (χ2v) is 6.36. The lowest BCUT2D eigenvalue weighted by atomic mass is 9.86. The number of rotatable bonds is 2. The summed E-state index contributed by atoms with van der Waals surface area (Å²) >= 11 is 0. The highest BCUT2D eigenvalue weighted by Gasteiger charge is 2.41. The SMILES string of the molecule is O=[N+]([O-])c1c(N2CCC3(CCNC3)C2)ccc2ncccc12. The van der Waals surface area contributed by atoms with Gasteiger partial charge in [0.25, 0.3) is 0 Å². The second-order valence-electron chi connectivity index (χ2n) is 6.36. The average Bonchev–Trinajstić information content (AvgIpc) is 3.16. The van der Waals surface area contributed by atoms with Gasteiger partial charge in [-0.05, 0) is 43.7 Å².